The van der Waals surface area contributed by atoms with E-state index in [1.165, 1.54) is 11.9 Å². The summed E-state index contributed by atoms with van der Waals surface area (Å²) in [5.74, 6) is 0. The second kappa shape index (κ2) is 1.84. The molecule has 9 heavy (non-hydrogen) atoms. The molecule has 2 aliphatic rings. The largest absolute Gasteiger partial charge is 0.143 e. The van der Waals surface area contributed by atoms with Crippen molar-refractivity contribution >= 4 is 17.6 Å². The molecule has 0 N–H and O–H groups in total. The Bertz CT molecular complexity index is 240. The molecular weight excluding hydrogens is 132 g/mol. The molecule has 0 fully saturated rings. The van der Waals surface area contributed by atoms with Crippen molar-refractivity contribution < 1.29 is 0 Å². The minimum absolute atomic E-state index is 0.934. The van der Waals surface area contributed by atoms with Gasteiger partial charge in [-0.15, -0.1) is 9.63 Å². The van der Waals surface area contributed by atoms with Crippen LogP contribution in [0, 0.1) is 0 Å². The van der Waals surface area contributed by atoms with Crippen molar-refractivity contribution in [3.05, 3.63) is 24.3 Å². The van der Waals surface area contributed by atoms with Crippen LogP contribution in [0.5, 0.6) is 0 Å². The number of rotatable bonds is 0. The van der Waals surface area contributed by atoms with E-state index < -0.39 is 0 Å². The van der Waals surface area contributed by atoms with E-state index in [1.54, 1.807) is 0 Å². The van der Waals surface area contributed by atoms with Gasteiger partial charge in [0.05, 0.1) is 5.69 Å². The van der Waals surface area contributed by atoms with Gasteiger partial charge in [0.15, 0.2) is 0 Å². The highest BCUT2D eigenvalue weighted by Gasteiger charge is 1.97. The first-order valence-electron chi connectivity index (χ1n) is 2.63. The third-order valence-electron chi connectivity index (χ3n) is 1.14. The van der Waals surface area contributed by atoms with E-state index in [0.29, 0.717) is 0 Å². The first kappa shape index (κ1) is 4.99. The van der Waals surface area contributed by atoms with E-state index in [9.17, 15) is 0 Å². The Labute approximate surface area is 57.1 Å². The molecule has 0 unspecified atom stereocenters. The standard InChI is InChI=1S/C6H4N2S/c1-3-6-4-2-5(1)7-8-9-6/h1-4H. The summed E-state index contributed by atoms with van der Waals surface area (Å²) in [6, 6.07) is 7.94. The molecule has 0 aromatic heterocycles. The number of hydrogen-bond donors (Lipinski definition) is 0. The van der Waals surface area contributed by atoms with Gasteiger partial charge in [0, 0.05) is 16.8 Å². The topological polar surface area (TPSA) is 24.7 Å². The van der Waals surface area contributed by atoms with Crippen molar-refractivity contribution in [3.8, 4) is 0 Å². The molecule has 2 nitrogen and oxygen atoms in total. The van der Waals surface area contributed by atoms with Gasteiger partial charge in [0.25, 0.3) is 0 Å². The van der Waals surface area contributed by atoms with Crippen LogP contribution in [0.25, 0.3) is 0 Å². The third kappa shape index (κ3) is 0.833. The van der Waals surface area contributed by atoms with Crippen LogP contribution in [0.15, 0.2) is 38.8 Å². The third-order valence-corrected chi connectivity index (χ3v) is 1.79. The molecule has 1 aromatic carbocycles. The molecule has 0 saturated carbocycles. The molecule has 1 aromatic rings. The maximum atomic E-state index is 3.89. The normalized spacial score (nSPS) is 13.8. The minimum Gasteiger partial charge on any atom is -0.143 e. The lowest BCUT2D eigenvalue weighted by atomic mass is 10.3. The van der Waals surface area contributed by atoms with E-state index in [4.69, 9.17) is 0 Å². The molecule has 44 valence electrons. The predicted octanol–water partition coefficient (Wildman–Crippen LogP) is 2.79. The smallest absolute Gasteiger partial charge is 0.0864 e. The second-order valence-corrected chi connectivity index (χ2v) is 2.58. The van der Waals surface area contributed by atoms with Gasteiger partial charge in [-0.2, -0.15) is 0 Å². The zero-order valence-corrected chi connectivity index (χ0v) is 5.43. The molecule has 0 radical (unpaired) electrons. The molecule has 2 aliphatic heterocycles. The van der Waals surface area contributed by atoms with Crippen LogP contribution in [-0.4, -0.2) is 0 Å². The van der Waals surface area contributed by atoms with Crippen LogP contribution >= 0.6 is 11.9 Å². The molecule has 0 atom stereocenters. The first-order chi connectivity index (χ1) is 4.45. The minimum atomic E-state index is 0.934. The maximum Gasteiger partial charge on any atom is 0.0864 e. The maximum absolute atomic E-state index is 3.89. The average molecular weight is 136 g/mol. The van der Waals surface area contributed by atoms with Crippen LogP contribution < -0.4 is 0 Å². The van der Waals surface area contributed by atoms with Gasteiger partial charge in [-0.3, -0.25) is 0 Å². The Morgan fingerprint density at radius 1 is 1.11 bits per heavy atom. The van der Waals surface area contributed by atoms with Crippen LogP contribution in [0.3, 0.4) is 0 Å². The fraction of sp³-hybridized carbons (Fsp3) is 0. The van der Waals surface area contributed by atoms with E-state index in [2.05, 4.69) is 9.63 Å². The molecule has 0 amide bonds. The molecule has 3 rings (SSSR count). The fourth-order valence-corrected chi connectivity index (χ4v) is 1.18. The van der Waals surface area contributed by atoms with Gasteiger partial charge in [0.1, 0.15) is 0 Å². The van der Waals surface area contributed by atoms with Gasteiger partial charge >= 0.3 is 0 Å². The molecule has 2 bridgehead atoms. The van der Waals surface area contributed by atoms with Crippen LogP contribution in [0.4, 0.5) is 5.69 Å². The van der Waals surface area contributed by atoms with Crippen molar-refractivity contribution in [2.24, 2.45) is 9.63 Å². The number of benzene rings is 1. The van der Waals surface area contributed by atoms with Crippen LogP contribution in [0.1, 0.15) is 0 Å². The summed E-state index contributed by atoms with van der Waals surface area (Å²) >= 11 is 1.41. The van der Waals surface area contributed by atoms with Crippen LogP contribution in [-0.2, 0) is 0 Å². The van der Waals surface area contributed by atoms with Gasteiger partial charge in [-0.25, -0.2) is 0 Å². The van der Waals surface area contributed by atoms with Crippen LogP contribution in [0.2, 0.25) is 0 Å². The lowest BCUT2D eigenvalue weighted by Gasteiger charge is -1.85. The van der Waals surface area contributed by atoms with Crippen molar-refractivity contribution in [1.29, 1.82) is 0 Å². The summed E-state index contributed by atoms with van der Waals surface area (Å²) < 4.78 is 3.84. The van der Waals surface area contributed by atoms with Crippen molar-refractivity contribution in [1.82, 2.24) is 0 Å². The second-order valence-electron chi connectivity index (χ2n) is 1.77. The van der Waals surface area contributed by atoms with E-state index in [0.717, 1.165) is 10.6 Å². The summed E-state index contributed by atoms with van der Waals surface area (Å²) in [6.07, 6.45) is 0. The summed E-state index contributed by atoms with van der Waals surface area (Å²) in [6.45, 7) is 0. The molecule has 0 aliphatic carbocycles. The molecule has 2 heterocycles. The highest BCUT2D eigenvalue weighted by Crippen LogP contribution is 2.28. The Morgan fingerprint density at radius 2 is 1.89 bits per heavy atom. The van der Waals surface area contributed by atoms with Gasteiger partial charge in [-0.05, 0) is 24.3 Å². The Hall–Kier alpha value is -0.830. The fourth-order valence-electron chi connectivity index (χ4n) is 0.688. The van der Waals surface area contributed by atoms with Gasteiger partial charge in [0.2, 0.25) is 0 Å². The Morgan fingerprint density at radius 3 is 2.67 bits per heavy atom. The van der Waals surface area contributed by atoms with Crippen molar-refractivity contribution in [2.75, 3.05) is 0 Å². The summed E-state index contributed by atoms with van der Waals surface area (Å²) in [4.78, 5) is 1.15. The van der Waals surface area contributed by atoms with Crippen molar-refractivity contribution in [3.63, 3.8) is 0 Å². The van der Waals surface area contributed by atoms with Gasteiger partial charge < -0.3 is 0 Å². The molecular formula is C6H4N2S. The number of hydrogen-bond acceptors (Lipinski definition) is 3. The number of nitrogens with zero attached hydrogens (tertiary/aromatic N) is 2. The predicted molar refractivity (Wildman–Crippen MR) is 36.8 cm³/mol. The summed E-state index contributed by atoms with van der Waals surface area (Å²) in [5.41, 5.74) is 0.934. The summed E-state index contributed by atoms with van der Waals surface area (Å²) in [7, 11) is 0. The SMILES string of the molecule is c1cc2ccc1N=NS2. The molecule has 0 saturated heterocycles. The lowest BCUT2D eigenvalue weighted by molar-refractivity contribution is 1.35. The highest BCUT2D eigenvalue weighted by atomic mass is 32.2. The zero-order chi connectivity index (χ0) is 6.10. The molecule has 3 heteroatoms. The van der Waals surface area contributed by atoms with E-state index >= 15 is 0 Å². The lowest BCUT2D eigenvalue weighted by Crippen LogP contribution is -1.60. The Kier molecular flexibility index (Phi) is 1.02. The van der Waals surface area contributed by atoms with Crippen molar-refractivity contribution in [2.45, 2.75) is 4.90 Å². The highest BCUT2D eigenvalue weighted by molar-refractivity contribution is 7.97. The molecule has 0 spiro atoms. The number of fused-ring (bicyclic) bond motifs is 3. The first-order valence-corrected chi connectivity index (χ1v) is 3.41. The average Bonchev–Trinajstić information content (AvgIpc) is 2.21. The summed E-state index contributed by atoms with van der Waals surface area (Å²) in [5, 5.41) is 3.89. The van der Waals surface area contributed by atoms with E-state index in [1.807, 2.05) is 24.3 Å². The van der Waals surface area contributed by atoms with Gasteiger partial charge in [-0.1, -0.05) is 0 Å². The Balaban J connectivity index is 2.67. The monoisotopic (exact) mass is 136 g/mol. The quantitative estimate of drug-likeness (QED) is 0.503. The van der Waals surface area contributed by atoms with E-state index in [-0.39, 0.29) is 0 Å². The zero-order valence-electron chi connectivity index (χ0n) is 4.61.